The summed E-state index contributed by atoms with van der Waals surface area (Å²) >= 11 is 0. The standard InChI is InChI=1S/C21H27N3O2/c1-12(2)14-7-8-17(25)15(10-14)19(26)16-11-22-18-9-13(3)23-24(18)20(16)21(4,5)6/h7-12,20,22,25H,1-6H3. The van der Waals surface area contributed by atoms with E-state index < -0.39 is 0 Å². The molecule has 0 saturated carbocycles. The third-order valence-electron chi connectivity index (χ3n) is 4.79. The van der Waals surface area contributed by atoms with Gasteiger partial charge in [0.25, 0.3) is 0 Å². The first-order valence-corrected chi connectivity index (χ1v) is 9.00. The first-order chi connectivity index (χ1) is 12.1. The van der Waals surface area contributed by atoms with Gasteiger partial charge in [-0.05, 0) is 36.0 Å². The Hall–Kier alpha value is -2.56. The van der Waals surface area contributed by atoms with Gasteiger partial charge in [0.2, 0.25) is 0 Å². The number of Topliss-reactive ketones (excluding diaryl/α,β-unsaturated/α-hetero) is 1. The summed E-state index contributed by atoms with van der Waals surface area (Å²) in [5.74, 6) is 0.991. The van der Waals surface area contributed by atoms with E-state index >= 15 is 0 Å². The van der Waals surface area contributed by atoms with Crippen molar-refractivity contribution in [3.8, 4) is 5.75 Å². The lowest BCUT2D eigenvalue weighted by Gasteiger charge is -2.36. The fourth-order valence-electron chi connectivity index (χ4n) is 3.46. The second-order valence-corrected chi connectivity index (χ2v) is 8.39. The molecule has 5 nitrogen and oxygen atoms in total. The van der Waals surface area contributed by atoms with Crippen molar-refractivity contribution in [3.63, 3.8) is 0 Å². The highest BCUT2D eigenvalue weighted by Crippen LogP contribution is 2.42. The highest BCUT2D eigenvalue weighted by atomic mass is 16.3. The number of aromatic hydroxyl groups is 1. The number of phenols is 1. The van der Waals surface area contributed by atoms with Crippen LogP contribution in [0, 0.1) is 12.3 Å². The molecule has 0 radical (unpaired) electrons. The Morgan fingerprint density at radius 3 is 2.58 bits per heavy atom. The predicted molar refractivity (Wildman–Crippen MR) is 104 cm³/mol. The summed E-state index contributed by atoms with van der Waals surface area (Å²) in [5.41, 5.74) is 2.64. The number of phenolic OH excluding ortho intramolecular Hbond substituents is 1. The van der Waals surface area contributed by atoms with Crippen LogP contribution in [-0.4, -0.2) is 20.7 Å². The van der Waals surface area contributed by atoms with Crippen LogP contribution in [0.2, 0.25) is 0 Å². The smallest absolute Gasteiger partial charge is 0.196 e. The summed E-state index contributed by atoms with van der Waals surface area (Å²) in [7, 11) is 0. The van der Waals surface area contributed by atoms with Gasteiger partial charge in [-0.3, -0.25) is 4.79 Å². The zero-order chi connectivity index (χ0) is 19.2. The van der Waals surface area contributed by atoms with Crippen LogP contribution >= 0.6 is 0 Å². The van der Waals surface area contributed by atoms with Crippen LogP contribution in [0.5, 0.6) is 5.75 Å². The quantitative estimate of drug-likeness (QED) is 0.778. The van der Waals surface area contributed by atoms with Gasteiger partial charge in [-0.25, -0.2) is 4.68 Å². The summed E-state index contributed by atoms with van der Waals surface area (Å²) in [6.45, 7) is 12.4. The number of hydrogen-bond acceptors (Lipinski definition) is 4. The van der Waals surface area contributed by atoms with Crippen molar-refractivity contribution in [1.82, 2.24) is 9.78 Å². The highest BCUT2D eigenvalue weighted by Gasteiger charge is 2.38. The van der Waals surface area contributed by atoms with E-state index in [-0.39, 0.29) is 28.9 Å². The van der Waals surface area contributed by atoms with Crippen molar-refractivity contribution in [2.45, 2.75) is 53.5 Å². The largest absolute Gasteiger partial charge is 0.507 e. The predicted octanol–water partition coefficient (Wildman–Crippen LogP) is 4.80. The number of allylic oxidation sites excluding steroid dienone is 1. The van der Waals surface area contributed by atoms with Crippen molar-refractivity contribution in [3.05, 3.63) is 52.9 Å². The maximum atomic E-state index is 13.4. The number of nitrogens with one attached hydrogen (secondary N) is 1. The number of hydrogen-bond donors (Lipinski definition) is 2. The second kappa shape index (κ2) is 6.31. The van der Waals surface area contributed by atoms with Crippen LogP contribution in [0.4, 0.5) is 5.82 Å². The van der Waals surface area contributed by atoms with Crippen molar-refractivity contribution in [2.24, 2.45) is 5.41 Å². The molecule has 1 unspecified atom stereocenters. The van der Waals surface area contributed by atoms with Gasteiger partial charge in [0.15, 0.2) is 5.78 Å². The van der Waals surface area contributed by atoms with Crippen LogP contribution in [0.3, 0.4) is 0 Å². The van der Waals surface area contributed by atoms with E-state index in [9.17, 15) is 9.90 Å². The van der Waals surface area contributed by atoms with E-state index in [4.69, 9.17) is 0 Å². The summed E-state index contributed by atoms with van der Waals surface area (Å²) in [4.78, 5) is 13.4. The summed E-state index contributed by atoms with van der Waals surface area (Å²) < 4.78 is 1.88. The molecule has 1 atom stereocenters. The maximum absolute atomic E-state index is 13.4. The Morgan fingerprint density at radius 1 is 1.27 bits per heavy atom. The first-order valence-electron chi connectivity index (χ1n) is 9.00. The minimum Gasteiger partial charge on any atom is -0.507 e. The van der Waals surface area contributed by atoms with Crippen LogP contribution in [0.1, 0.15) is 68.2 Å². The average molecular weight is 353 g/mol. The van der Waals surface area contributed by atoms with Gasteiger partial charge >= 0.3 is 0 Å². The molecule has 26 heavy (non-hydrogen) atoms. The molecule has 0 spiro atoms. The number of benzene rings is 1. The van der Waals surface area contributed by atoms with E-state index in [2.05, 4.69) is 45.0 Å². The fraction of sp³-hybridized carbons (Fsp3) is 0.429. The van der Waals surface area contributed by atoms with Gasteiger partial charge in [-0.1, -0.05) is 40.7 Å². The highest BCUT2D eigenvalue weighted by molar-refractivity contribution is 6.11. The third-order valence-corrected chi connectivity index (χ3v) is 4.79. The van der Waals surface area contributed by atoms with E-state index in [1.54, 1.807) is 18.3 Å². The Bertz CT molecular complexity index is 885. The average Bonchev–Trinajstić information content (AvgIpc) is 2.92. The van der Waals surface area contributed by atoms with Crippen molar-refractivity contribution < 1.29 is 9.90 Å². The topological polar surface area (TPSA) is 67.2 Å². The SMILES string of the molecule is Cc1cc2n(n1)C(C(C)(C)C)C(C(=O)c1cc(C(C)C)ccc1O)=CN2. The molecule has 1 aromatic carbocycles. The Kier molecular flexibility index (Phi) is 4.42. The van der Waals surface area contributed by atoms with Gasteiger partial charge in [0.05, 0.1) is 17.3 Å². The molecule has 2 aromatic rings. The normalized spacial score (nSPS) is 16.9. The summed E-state index contributed by atoms with van der Waals surface area (Å²) in [5, 5.41) is 18.1. The molecule has 0 saturated heterocycles. The monoisotopic (exact) mass is 353 g/mol. The molecule has 0 aliphatic carbocycles. The number of aromatic nitrogens is 2. The second-order valence-electron chi connectivity index (χ2n) is 8.39. The minimum atomic E-state index is -0.220. The Morgan fingerprint density at radius 2 is 1.96 bits per heavy atom. The summed E-state index contributed by atoms with van der Waals surface area (Å²) in [6, 6.07) is 7.01. The molecule has 1 aromatic heterocycles. The van der Waals surface area contributed by atoms with Crippen LogP contribution < -0.4 is 5.32 Å². The molecule has 138 valence electrons. The third kappa shape index (κ3) is 3.14. The molecular formula is C21H27N3O2. The zero-order valence-corrected chi connectivity index (χ0v) is 16.3. The number of anilines is 1. The van der Waals surface area contributed by atoms with Crippen molar-refractivity contribution in [1.29, 1.82) is 0 Å². The van der Waals surface area contributed by atoms with Crippen LogP contribution in [0.15, 0.2) is 36.0 Å². The number of rotatable bonds is 3. The van der Waals surface area contributed by atoms with E-state index in [0.29, 0.717) is 11.1 Å². The zero-order valence-electron chi connectivity index (χ0n) is 16.3. The molecule has 1 aliphatic heterocycles. The van der Waals surface area contributed by atoms with Gasteiger partial charge in [-0.2, -0.15) is 5.10 Å². The molecule has 0 bridgehead atoms. The lowest BCUT2D eigenvalue weighted by molar-refractivity contribution is 0.0994. The molecule has 3 rings (SSSR count). The molecule has 5 heteroatoms. The molecule has 0 fully saturated rings. The first kappa shape index (κ1) is 18.2. The lowest BCUT2D eigenvalue weighted by Crippen LogP contribution is -2.34. The van der Waals surface area contributed by atoms with Crippen LogP contribution in [0.25, 0.3) is 0 Å². The van der Waals surface area contributed by atoms with Crippen molar-refractivity contribution in [2.75, 3.05) is 5.32 Å². The maximum Gasteiger partial charge on any atom is 0.196 e. The fourth-order valence-corrected chi connectivity index (χ4v) is 3.46. The number of aryl methyl sites for hydroxylation is 1. The summed E-state index contributed by atoms with van der Waals surface area (Å²) in [6.07, 6.45) is 1.76. The number of carbonyl (C=O) groups is 1. The van der Waals surface area contributed by atoms with E-state index in [1.807, 2.05) is 23.7 Å². The van der Waals surface area contributed by atoms with Gasteiger partial charge in [0.1, 0.15) is 11.6 Å². The van der Waals surface area contributed by atoms with Crippen LogP contribution in [-0.2, 0) is 0 Å². The molecule has 1 aliphatic rings. The molecule has 0 amide bonds. The van der Waals surface area contributed by atoms with E-state index in [1.165, 1.54) is 0 Å². The Balaban J connectivity index is 2.09. The molecular weight excluding hydrogens is 326 g/mol. The number of nitrogens with zero attached hydrogens (tertiary/aromatic N) is 2. The molecule has 2 heterocycles. The van der Waals surface area contributed by atoms with Crippen molar-refractivity contribution >= 4 is 11.6 Å². The van der Waals surface area contributed by atoms with Gasteiger partial charge in [-0.15, -0.1) is 0 Å². The lowest BCUT2D eigenvalue weighted by atomic mass is 9.79. The van der Waals surface area contributed by atoms with E-state index in [0.717, 1.165) is 17.1 Å². The number of ketones is 1. The van der Waals surface area contributed by atoms with Gasteiger partial charge < -0.3 is 10.4 Å². The number of carbonyl (C=O) groups excluding carboxylic acids is 1. The molecule has 2 N–H and O–H groups in total. The minimum absolute atomic E-state index is 0.00963. The Labute approximate surface area is 154 Å². The van der Waals surface area contributed by atoms with Gasteiger partial charge in [0, 0.05) is 17.8 Å². The number of fused-ring (bicyclic) bond motifs is 1.